The van der Waals surface area contributed by atoms with E-state index in [4.69, 9.17) is 18.9 Å². The molecule has 0 aromatic heterocycles. The summed E-state index contributed by atoms with van der Waals surface area (Å²) in [7, 11) is 5.95. The van der Waals surface area contributed by atoms with Gasteiger partial charge in [0.15, 0.2) is 6.10 Å². The van der Waals surface area contributed by atoms with E-state index in [0.717, 1.165) is 77.0 Å². The van der Waals surface area contributed by atoms with Crippen LogP contribution in [0.25, 0.3) is 0 Å². The summed E-state index contributed by atoms with van der Waals surface area (Å²) in [5, 5.41) is 9.65. The van der Waals surface area contributed by atoms with Crippen LogP contribution in [0.3, 0.4) is 0 Å². The highest BCUT2D eigenvalue weighted by Crippen LogP contribution is 2.15. The number of aliphatic carboxylic acids is 1. The van der Waals surface area contributed by atoms with Gasteiger partial charge in [0.2, 0.25) is 0 Å². The molecule has 2 atom stereocenters. The lowest BCUT2D eigenvalue weighted by molar-refractivity contribution is -0.870. The maximum atomic E-state index is 12.8. The van der Waals surface area contributed by atoms with Gasteiger partial charge in [-0.25, -0.2) is 4.79 Å². The molecule has 9 nitrogen and oxygen atoms in total. The molecule has 0 heterocycles. The zero-order valence-electron chi connectivity index (χ0n) is 41.5. The van der Waals surface area contributed by atoms with E-state index in [9.17, 15) is 19.5 Å². The molecular formula is C54H98NO8+. The topological polar surface area (TPSA) is 108 Å². The number of hydrogen-bond donors (Lipinski definition) is 1. The number of likely N-dealkylation sites (N-methyl/N-ethyl adjacent to an activating group) is 1. The Bertz CT molecular complexity index is 1170. The van der Waals surface area contributed by atoms with Gasteiger partial charge in [-0.1, -0.05) is 184 Å². The summed E-state index contributed by atoms with van der Waals surface area (Å²) in [4.78, 5) is 37.2. The third-order valence-electron chi connectivity index (χ3n) is 11.1. The molecule has 1 N–H and O–H groups in total. The third kappa shape index (κ3) is 47.0. The predicted molar refractivity (Wildman–Crippen MR) is 263 cm³/mol. The second-order valence-corrected chi connectivity index (χ2v) is 18.5. The molecule has 0 aromatic rings. The second-order valence-electron chi connectivity index (χ2n) is 18.5. The van der Waals surface area contributed by atoms with Gasteiger partial charge in [0.1, 0.15) is 13.2 Å². The van der Waals surface area contributed by atoms with Gasteiger partial charge >= 0.3 is 17.9 Å². The Kier molecular flexibility index (Phi) is 43.8. The van der Waals surface area contributed by atoms with Crippen molar-refractivity contribution in [1.29, 1.82) is 0 Å². The number of quaternary nitrogens is 1. The van der Waals surface area contributed by atoms with Crippen LogP contribution >= 0.6 is 0 Å². The first kappa shape index (κ1) is 60.2. The molecule has 0 aliphatic rings. The van der Waals surface area contributed by atoms with Crippen LogP contribution in [-0.4, -0.2) is 87.4 Å². The summed E-state index contributed by atoms with van der Waals surface area (Å²) in [6.45, 7) is 4.81. The first-order valence-corrected chi connectivity index (χ1v) is 25.8. The second kappa shape index (κ2) is 45.8. The maximum Gasteiger partial charge on any atom is 0.361 e. The molecule has 9 heteroatoms. The van der Waals surface area contributed by atoms with E-state index in [1.807, 2.05) is 21.1 Å². The number of unbranched alkanes of at least 4 members (excludes halogenated alkanes) is 24. The number of hydrogen-bond acceptors (Lipinski definition) is 7. The van der Waals surface area contributed by atoms with Gasteiger partial charge < -0.3 is 28.5 Å². The Morgan fingerprint density at radius 2 is 0.873 bits per heavy atom. The van der Waals surface area contributed by atoms with Crippen molar-refractivity contribution in [1.82, 2.24) is 0 Å². The number of carbonyl (C=O) groups is 3. The van der Waals surface area contributed by atoms with Crippen LogP contribution < -0.4 is 0 Å². The minimum absolute atomic E-state index is 0.185. The summed E-state index contributed by atoms with van der Waals surface area (Å²) in [5.74, 6) is -2.02. The average molecular weight is 889 g/mol. The van der Waals surface area contributed by atoms with Crippen molar-refractivity contribution in [3.63, 3.8) is 0 Å². The van der Waals surface area contributed by atoms with E-state index < -0.39 is 24.3 Å². The lowest BCUT2D eigenvalue weighted by Gasteiger charge is -2.25. The number of esters is 2. The van der Waals surface area contributed by atoms with Crippen molar-refractivity contribution in [3.8, 4) is 0 Å². The standard InChI is InChI=1S/C54H97NO8/c1-6-8-10-12-14-16-18-19-20-21-22-23-24-25-26-27-28-29-30-31-32-33-35-37-39-41-43-45-52(57)63-50(49-62-54(53(58)59)60-47-46-55(3,4)5)48-61-51(56)44-42-40-38-36-34-17-15-13-11-9-7-2/h13,15,18-19,21-22,24-25,50,54H,6-12,14,16-17,20,23,26-49H2,1-5H3/p+1/b15-13-,19-18-,22-21-,25-24-. The Balaban J connectivity index is 4.22. The molecule has 0 aliphatic carbocycles. The Morgan fingerprint density at radius 1 is 0.476 bits per heavy atom. The third-order valence-corrected chi connectivity index (χ3v) is 11.1. The van der Waals surface area contributed by atoms with Gasteiger partial charge in [-0.15, -0.1) is 0 Å². The monoisotopic (exact) mass is 889 g/mol. The van der Waals surface area contributed by atoms with E-state index >= 15 is 0 Å². The fraction of sp³-hybridized carbons (Fsp3) is 0.796. The van der Waals surface area contributed by atoms with Crippen LogP contribution in [0.2, 0.25) is 0 Å². The summed E-state index contributed by atoms with van der Waals surface area (Å²) < 4.78 is 22.8. The maximum absolute atomic E-state index is 12.8. The van der Waals surface area contributed by atoms with Crippen molar-refractivity contribution >= 4 is 17.9 Å². The highest BCUT2D eigenvalue weighted by atomic mass is 16.7. The van der Waals surface area contributed by atoms with Gasteiger partial charge in [-0.2, -0.15) is 0 Å². The quantitative estimate of drug-likeness (QED) is 0.0212. The molecule has 2 unspecified atom stereocenters. The van der Waals surface area contributed by atoms with E-state index in [1.54, 1.807) is 0 Å². The Labute approximate surface area is 387 Å². The fourth-order valence-electron chi connectivity index (χ4n) is 7.00. The van der Waals surface area contributed by atoms with Crippen LogP contribution in [0, 0.1) is 0 Å². The molecule has 0 saturated heterocycles. The van der Waals surface area contributed by atoms with Gasteiger partial charge in [-0.3, -0.25) is 9.59 Å². The lowest BCUT2D eigenvalue weighted by Crippen LogP contribution is -2.40. The average Bonchev–Trinajstić information content (AvgIpc) is 3.24. The smallest absolute Gasteiger partial charge is 0.361 e. The normalized spacial score (nSPS) is 13.2. The summed E-state index contributed by atoms with van der Waals surface area (Å²) in [6, 6.07) is 0. The first-order chi connectivity index (χ1) is 30.6. The minimum Gasteiger partial charge on any atom is -0.477 e. The van der Waals surface area contributed by atoms with E-state index in [-0.39, 0.29) is 32.2 Å². The number of carboxylic acid groups (broad SMARTS) is 1. The van der Waals surface area contributed by atoms with Gasteiger partial charge in [0.25, 0.3) is 6.29 Å². The zero-order valence-corrected chi connectivity index (χ0v) is 41.5. The lowest BCUT2D eigenvalue weighted by atomic mass is 10.0. The van der Waals surface area contributed by atoms with Crippen LogP contribution in [0.1, 0.15) is 219 Å². The highest BCUT2D eigenvalue weighted by Gasteiger charge is 2.25. The molecule has 0 radical (unpaired) electrons. The van der Waals surface area contributed by atoms with Crippen molar-refractivity contribution in [2.75, 3.05) is 47.5 Å². The first-order valence-electron chi connectivity index (χ1n) is 25.8. The molecule has 0 saturated carbocycles. The largest absolute Gasteiger partial charge is 0.477 e. The molecule has 0 bridgehead atoms. The molecule has 366 valence electrons. The van der Waals surface area contributed by atoms with E-state index in [1.165, 1.54) is 116 Å². The molecular weight excluding hydrogens is 791 g/mol. The summed E-state index contributed by atoms with van der Waals surface area (Å²) in [6.07, 6.45) is 51.8. The van der Waals surface area contributed by atoms with Crippen molar-refractivity contribution in [3.05, 3.63) is 48.6 Å². The minimum atomic E-state index is -1.51. The number of carboxylic acids is 1. The molecule has 0 aliphatic heterocycles. The van der Waals surface area contributed by atoms with Gasteiger partial charge in [-0.05, 0) is 70.6 Å². The Hall–Kier alpha value is -2.75. The molecule has 0 fully saturated rings. The van der Waals surface area contributed by atoms with Gasteiger partial charge in [0.05, 0.1) is 34.4 Å². The van der Waals surface area contributed by atoms with Crippen molar-refractivity contribution < 1.29 is 42.9 Å². The number of carbonyl (C=O) groups excluding carboxylic acids is 2. The summed E-state index contributed by atoms with van der Waals surface area (Å²) >= 11 is 0. The van der Waals surface area contributed by atoms with Crippen LogP contribution in [-0.2, 0) is 33.3 Å². The number of allylic oxidation sites excluding steroid dienone is 8. The van der Waals surface area contributed by atoms with E-state index in [0.29, 0.717) is 17.4 Å². The molecule has 0 spiro atoms. The van der Waals surface area contributed by atoms with Crippen LogP contribution in [0.15, 0.2) is 48.6 Å². The predicted octanol–water partition coefficient (Wildman–Crippen LogP) is 14.3. The highest BCUT2D eigenvalue weighted by molar-refractivity contribution is 5.71. The molecule has 0 rings (SSSR count). The number of rotatable bonds is 47. The molecule has 0 amide bonds. The van der Waals surface area contributed by atoms with Gasteiger partial charge in [0, 0.05) is 12.8 Å². The molecule has 0 aromatic carbocycles. The van der Waals surface area contributed by atoms with E-state index in [2.05, 4.69) is 62.5 Å². The summed E-state index contributed by atoms with van der Waals surface area (Å²) in [5.41, 5.74) is 0. The zero-order chi connectivity index (χ0) is 46.3. The van der Waals surface area contributed by atoms with Crippen LogP contribution in [0.5, 0.6) is 0 Å². The molecule has 63 heavy (non-hydrogen) atoms. The number of ether oxygens (including phenoxy) is 4. The van der Waals surface area contributed by atoms with Crippen molar-refractivity contribution in [2.45, 2.75) is 232 Å². The van der Waals surface area contributed by atoms with Crippen LogP contribution in [0.4, 0.5) is 0 Å². The fourth-order valence-corrected chi connectivity index (χ4v) is 7.00. The number of nitrogens with zero attached hydrogens (tertiary/aromatic N) is 1. The SMILES string of the molecule is CCCC/C=C\CCCCCCCC(=O)OCC(COC(OCC[N+](C)(C)C)C(=O)O)OC(=O)CCCCCCCCCCCCCC/C=C\C/C=C\C/C=C\CCCCCCC. The Morgan fingerprint density at radius 3 is 1.33 bits per heavy atom. The van der Waals surface area contributed by atoms with Crippen molar-refractivity contribution in [2.24, 2.45) is 0 Å².